The van der Waals surface area contributed by atoms with Crippen LogP contribution in [-0.2, 0) is 18.9 Å². The quantitative estimate of drug-likeness (QED) is 0.566. The van der Waals surface area contributed by atoms with Crippen molar-refractivity contribution in [2.75, 3.05) is 5.32 Å². The number of fused-ring (bicyclic) bond motifs is 1. The van der Waals surface area contributed by atoms with Crippen LogP contribution in [0.2, 0.25) is 0 Å². The zero-order chi connectivity index (χ0) is 19.0. The minimum atomic E-state index is -0.300. The summed E-state index contributed by atoms with van der Waals surface area (Å²) >= 11 is 0. The number of anilines is 1. The number of hydrogen-bond acceptors (Lipinski definition) is 5. The number of carbonyl (C=O) groups excluding carboxylic acids is 1. The van der Waals surface area contributed by atoms with E-state index in [0.29, 0.717) is 5.69 Å². The zero-order valence-corrected chi connectivity index (χ0v) is 14.9. The molecule has 1 amide bonds. The summed E-state index contributed by atoms with van der Waals surface area (Å²) in [6.45, 7) is 3.53. The number of carbonyl (C=O) groups is 1. The molecule has 27 heavy (non-hydrogen) atoms. The van der Waals surface area contributed by atoms with Gasteiger partial charge in [-0.3, -0.25) is 14.2 Å². The first-order valence-corrected chi connectivity index (χ1v) is 8.26. The second-order valence-electron chi connectivity index (χ2n) is 6.11. The summed E-state index contributed by atoms with van der Waals surface area (Å²) in [5.74, 6) is -0.300. The van der Waals surface area contributed by atoms with E-state index in [0.717, 1.165) is 33.4 Å². The van der Waals surface area contributed by atoms with Crippen LogP contribution in [0.3, 0.4) is 0 Å². The lowest BCUT2D eigenvalue weighted by Crippen LogP contribution is -2.09. The Balaban J connectivity index is 1.96. The highest BCUT2D eigenvalue weighted by Gasteiger charge is 2.15. The molecule has 134 valence electrons. The third-order valence-corrected chi connectivity index (χ3v) is 4.19. The van der Waals surface area contributed by atoms with Crippen molar-refractivity contribution in [2.24, 2.45) is 14.1 Å². The molecule has 0 spiro atoms. The van der Waals surface area contributed by atoms with Crippen molar-refractivity contribution < 1.29 is 4.79 Å². The maximum Gasteiger partial charge on any atom is 0.247 e. The Hall–Kier alpha value is -3.81. The first-order valence-electron chi connectivity index (χ1n) is 8.26. The fraction of sp³-hybridized carbons (Fsp3) is 0.105. The number of rotatable bonds is 4. The molecule has 0 aliphatic heterocycles. The number of amides is 1. The summed E-state index contributed by atoms with van der Waals surface area (Å²) in [6.07, 6.45) is 8.23. The van der Waals surface area contributed by atoms with Crippen molar-refractivity contribution in [3.05, 3.63) is 55.8 Å². The lowest BCUT2D eigenvalue weighted by molar-refractivity contribution is -0.111. The Bertz CT molecular complexity index is 1170. The summed E-state index contributed by atoms with van der Waals surface area (Å²) in [5, 5.41) is 12.3. The van der Waals surface area contributed by atoms with Crippen LogP contribution in [0.4, 0.5) is 5.69 Å². The van der Waals surface area contributed by atoms with Crippen LogP contribution < -0.4 is 5.32 Å². The smallest absolute Gasteiger partial charge is 0.247 e. The van der Waals surface area contributed by atoms with Crippen LogP contribution in [0.1, 0.15) is 0 Å². The van der Waals surface area contributed by atoms with Crippen molar-refractivity contribution in [2.45, 2.75) is 0 Å². The number of aromatic nitrogens is 6. The number of aryl methyl sites for hydroxylation is 2. The Morgan fingerprint density at radius 2 is 2.07 bits per heavy atom. The summed E-state index contributed by atoms with van der Waals surface area (Å²) in [6, 6.07) is 5.65. The van der Waals surface area contributed by atoms with Gasteiger partial charge in [-0.05, 0) is 24.3 Å². The summed E-state index contributed by atoms with van der Waals surface area (Å²) < 4.78 is 3.42. The van der Waals surface area contributed by atoms with Gasteiger partial charge in [0.05, 0.1) is 28.8 Å². The van der Waals surface area contributed by atoms with Gasteiger partial charge in [0, 0.05) is 43.0 Å². The summed E-state index contributed by atoms with van der Waals surface area (Å²) in [5.41, 5.74) is 4.49. The molecule has 4 rings (SSSR count). The van der Waals surface area contributed by atoms with E-state index in [9.17, 15) is 4.79 Å². The molecule has 0 radical (unpaired) electrons. The minimum Gasteiger partial charge on any atom is -0.322 e. The average Bonchev–Trinajstić information content (AvgIpc) is 3.29. The second kappa shape index (κ2) is 6.49. The zero-order valence-electron chi connectivity index (χ0n) is 14.9. The third kappa shape index (κ3) is 3.08. The maximum atomic E-state index is 12.0. The molecule has 0 fully saturated rings. The highest BCUT2D eigenvalue weighted by Crippen LogP contribution is 2.34. The van der Waals surface area contributed by atoms with Crippen LogP contribution in [0, 0.1) is 0 Å². The predicted molar refractivity (Wildman–Crippen MR) is 103 cm³/mol. The number of benzene rings is 1. The van der Waals surface area contributed by atoms with E-state index in [1.54, 1.807) is 15.6 Å². The summed E-state index contributed by atoms with van der Waals surface area (Å²) in [4.78, 5) is 20.8. The fourth-order valence-corrected chi connectivity index (χ4v) is 2.93. The molecule has 1 aromatic carbocycles. The number of nitrogens with zero attached hydrogens (tertiary/aromatic N) is 6. The van der Waals surface area contributed by atoms with Crippen LogP contribution in [0.5, 0.6) is 0 Å². The van der Waals surface area contributed by atoms with Crippen LogP contribution in [0.25, 0.3) is 33.4 Å². The maximum absolute atomic E-state index is 12.0. The molecule has 0 aliphatic carbocycles. The van der Waals surface area contributed by atoms with Gasteiger partial charge in [-0.2, -0.15) is 10.2 Å². The lowest BCUT2D eigenvalue weighted by atomic mass is 10.0. The minimum absolute atomic E-state index is 0.300. The number of nitrogens with one attached hydrogen (secondary N) is 1. The van der Waals surface area contributed by atoms with Gasteiger partial charge < -0.3 is 5.32 Å². The van der Waals surface area contributed by atoms with Gasteiger partial charge in [-0.25, -0.2) is 9.97 Å². The molecule has 0 saturated carbocycles. The van der Waals surface area contributed by atoms with Gasteiger partial charge in [-0.1, -0.05) is 6.58 Å². The van der Waals surface area contributed by atoms with Gasteiger partial charge in [0.15, 0.2) is 0 Å². The van der Waals surface area contributed by atoms with Gasteiger partial charge >= 0.3 is 0 Å². The molecule has 8 heteroatoms. The van der Waals surface area contributed by atoms with E-state index in [4.69, 9.17) is 0 Å². The first-order chi connectivity index (χ1) is 13.0. The molecule has 0 bridgehead atoms. The first kappa shape index (κ1) is 16.6. The molecular formula is C19H17N7O. The van der Waals surface area contributed by atoms with E-state index >= 15 is 0 Å². The second-order valence-corrected chi connectivity index (χ2v) is 6.11. The van der Waals surface area contributed by atoms with E-state index in [1.807, 2.05) is 44.7 Å². The Morgan fingerprint density at radius 3 is 2.74 bits per heavy atom. The Labute approximate surface area is 155 Å². The van der Waals surface area contributed by atoms with Crippen molar-refractivity contribution >= 4 is 22.5 Å². The van der Waals surface area contributed by atoms with Gasteiger partial charge in [0.25, 0.3) is 0 Å². The largest absolute Gasteiger partial charge is 0.322 e. The average molecular weight is 359 g/mol. The molecule has 4 aromatic rings. The van der Waals surface area contributed by atoms with Gasteiger partial charge in [0.2, 0.25) is 5.91 Å². The van der Waals surface area contributed by atoms with E-state index in [2.05, 4.69) is 32.1 Å². The normalized spacial score (nSPS) is 10.9. The molecule has 1 N–H and O–H groups in total. The highest BCUT2D eigenvalue weighted by atomic mass is 16.1. The molecule has 0 atom stereocenters. The molecule has 3 heterocycles. The molecular weight excluding hydrogens is 342 g/mol. The highest BCUT2D eigenvalue weighted by molar-refractivity contribution is 6.05. The third-order valence-electron chi connectivity index (χ3n) is 4.19. The lowest BCUT2D eigenvalue weighted by Gasteiger charge is -2.12. The fourth-order valence-electron chi connectivity index (χ4n) is 2.93. The van der Waals surface area contributed by atoms with Crippen LogP contribution >= 0.6 is 0 Å². The van der Waals surface area contributed by atoms with Crippen LogP contribution in [0.15, 0.2) is 55.8 Å². The predicted octanol–water partition coefficient (Wildman–Crippen LogP) is 2.56. The van der Waals surface area contributed by atoms with E-state index < -0.39 is 0 Å². The van der Waals surface area contributed by atoms with Gasteiger partial charge in [-0.15, -0.1) is 0 Å². The van der Waals surface area contributed by atoms with Crippen molar-refractivity contribution in [1.29, 1.82) is 0 Å². The molecule has 8 nitrogen and oxygen atoms in total. The monoisotopic (exact) mass is 359 g/mol. The van der Waals surface area contributed by atoms with Crippen molar-refractivity contribution in [1.82, 2.24) is 29.5 Å². The topological polar surface area (TPSA) is 90.5 Å². The molecule has 3 aromatic heterocycles. The van der Waals surface area contributed by atoms with Crippen LogP contribution in [-0.4, -0.2) is 35.4 Å². The standard InChI is InChI=1S/C19H17N7O/c1-4-18(27)23-17-8-14-16(7-13(17)15-5-6-25(2)24-15)20-11-21-19(14)12-9-22-26(3)10-12/h4-11H,1H2,2-3H3,(H,23,27). The Kier molecular flexibility index (Phi) is 4.00. The summed E-state index contributed by atoms with van der Waals surface area (Å²) in [7, 11) is 3.69. The van der Waals surface area contributed by atoms with Gasteiger partial charge in [0.1, 0.15) is 6.33 Å². The molecule has 0 aliphatic rings. The molecule has 0 unspecified atom stereocenters. The van der Waals surface area contributed by atoms with E-state index in [1.165, 1.54) is 12.4 Å². The number of hydrogen-bond donors (Lipinski definition) is 1. The Morgan fingerprint density at radius 1 is 1.22 bits per heavy atom. The van der Waals surface area contributed by atoms with Crippen molar-refractivity contribution in [3.8, 4) is 22.5 Å². The van der Waals surface area contributed by atoms with E-state index in [-0.39, 0.29) is 5.91 Å². The SMILES string of the molecule is C=CC(=O)Nc1cc2c(-c3cnn(C)c3)ncnc2cc1-c1ccn(C)n1. The van der Waals surface area contributed by atoms with Crippen molar-refractivity contribution in [3.63, 3.8) is 0 Å². The molecule has 0 saturated heterocycles.